The molecule has 2 aromatic carbocycles. The van der Waals surface area contributed by atoms with E-state index in [4.69, 9.17) is 0 Å². The van der Waals surface area contributed by atoms with E-state index in [0.717, 1.165) is 41.4 Å². The van der Waals surface area contributed by atoms with Gasteiger partial charge in [-0.2, -0.15) is 13.2 Å². The summed E-state index contributed by atoms with van der Waals surface area (Å²) < 4.78 is 38.9. The van der Waals surface area contributed by atoms with Crippen molar-refractivity contribution >= 4 is 22.7 Å². The number of unbranched alkanes of at least 4 members (excludes halogenated alkanes) is 1. The second-order valence-corrected chi connectivity index (χ2v) is 8.64. The molecule has 3 aromatic rings. The van der Waals surface area contributed by atoms with Crippen molar-refractivity contribution in [2.24, 2.45) is 0 Å². The molecule has 0 saturated carbocycles. The van der Waals surface area contributed by atoms with Crippen molar-refractivity contribution in [2.45, 2.75) is 52.3 Å². The van der Waals surface area contributed by atoms with Crippen LogP contribution >= 0.6 is 0 Å². The zero-order valence-electron chi connectivity index (χ0n) is 20.2. The Balaban J connectivity index is 1.79. The van der Waals surface area contributed by atoms with E-state index < -0.39 is 11.7 Å². The number of nitrogens with one attached hydrogen (secondary N) is 1. The van der Waals surface area contributed by atoms with Gasteiger partial charge in [0.25, 0.3) is 0 Å². The van der Waals surface area contributed by atoms with Gasteiger partial charge < -0.3 is 14.8 Å². The largest absolute Gasteiger partial charge is 0.416 e. The van der Waals surface area contributed by atoms with Crippen molar-refractivity contribution < 1.29 is 22.8 Å². The Morgan fingerprint density at radius 3 is 2.29 bits per heavy atom. The summed E-state index contributed by atoms with van der Waals surface area (Å²) in [4.78, 5) is 32.2. The SMILES string of the molecule is CCCCN(CC(=O)N(CCc1c[nH]c2ccccc12)Cc1ccc(C(F)(F)F)cc1)C(=O)CC. The summed E-state index contributed by atoms with van der Waals surface area (Å²) in [5, 5.41) is 1.07. The van der Waals surface area contributed by atoms with Crippen molar-refractivity contribution in [3.8, 4) is 0 Å². The minimum absolute atomic E-state index is 0.0405. The minimum Gasteiger partial charge on any atom is -0.361 e. The molecule has 5 nitrogen and oxygen atoms in total. The van der Waals surface area contributed by atoms with E-state index in [1.54, 1.807) is 16.7 Å². The number of para-hydroxylation sites is 1. The summed E-state index contributed by atoms with van der Waals surface area (Å²) in [5.74, 6) is -0.305. The van der Waals surface area contributed by atoms with Gasteiger partial charge in [-0.25, -0.2) is 0 Å². The molecule has 1 heterocycles. The Morgan fingerprint density at radius 2 is 1.63 bits per heavy atom. The predicted octanol–water partition coefficient (Wildman–Crippen LogP) is 5.80. The number of carbonyl (C=O) groups excluding carboxylic acids is 2. The van der Waals surface area contributed by atoms with Gasteiger partial charge in [0.05, 0.1) is 12.1 Å². The number of hydrogen-bond acceptors (Lipinski definition) is 2. The number of alkyl halides is 3. The number of carbonyl (C=O) groups is 2. The highest BCUT2D eigenvalue weighted by Gasteiger charge is 2.30. The van der Waals surface area contributed by atoms with Crippen LogP contribution in [0.25, 0.3) is 10.9 Å². The third-order valence-electron chi connectivity index (χ3n) is 6.10. The van der Waals surface area contributed by atoms with Crippen molar-refractivity contribution in [1.29, 1.82) is 0 Å². The molecular weight excluding hydrogens is 455 g/mol. The Labute approximate surface area is 203 Å². The Morgan fingerprint density at radius 1 is 0.914 bits per heavy atom. The molecule has 1 N–H and O–H groups in total. The monoisotopic (exact) mass is 487 g/mol. The molecular formula is C27H32F3N3O2. The molecule has 1 aromatic heterocycles. The molecule has 2 amide bonds. The van der Waals surface area contributed by atoms with Crippen molar-refractivity contribution in [2.75, 3.05) is 19.6 Å². The standard InChI is InChI=1S/C27H32F3N3O2/c1-3-5-15-32(25(34)4-2)19-26(35)33(18-20-10-12-22(13-11-20)27(28,29)30)16-14-21-17-31-24-9-7-6-8-23(21)24/h6-13,17,31H,3-5,14-16,18-19H2,1-2H3. The van der Waals surface area contributed by atoms with Gasteiger partial charge in [0.1, 0.15) is 0 Å². The maximum atomic E-state index is 13.3. The molecule has 8 heteroatoms. The van der Waals surface area contributed by atoms with Crippen molar-refractivity contribution in [3.63, 3.8) is 0 Å². The maximum absolute atomic E-state index is 13.3. The molecule has 0 saturated heterocycles. The number of H-pyrrole nitrogens is 1. The number of halogens is 3. The van der Waals surface area contributed by atoms with E-state index in [1.165, 1.54) is 12.1 Å². The van der Waals surface area contributed by atoms with Crippen LogP contribution in [0.2, 0.25) is 0 Å². The molecule has 0 bridgehead atoms. The molecule has 0 aliphatic heterocycles. The predicted molar refractivity (Wildman–Crippen MR) is 131 cm³/mol. The Kier molecular flexibility index (Phi) is 8.95. The third-order valence-corrected chi connectivity index (χ3v) is 6.10. The lowest BCUT2D eigenvalue weighted by molar-refractivity contribution is -0.140. The molecule has 0 radical (unpaired) electrons. The van der Waals surface area contributed by atoms with Gasteiger partial charge in [-0.1, -0.05) is 50.6 Å². The summed E-state index contributed by atoms with van der Waals surface area (Å²) >= 11 is 0. The first kappa shape index (κ1) is 26.3. The third kappa shape index (κ3) is 7.10. The molecule has 0 aliphatic rings. The van der Waals surface area contributed by atoms with E-state index in [0.29, 0.717) is 31.5 Å². The first-order valence-corrected chi connectivity index (χ1v) is 12.0. The molecule has 0 atom stereocenters. The first-order chi connectivity index (χ1) is 16.7. The lowest BCUT2D eigenvalue weighted by atomic mass is 10.1. The smallest absolute Gasteiger partial charge is 0.361 e. The average molecular weight is 488 g/mol. The van der Waals surface area contributed by atoms with Crippen LogP contribution in [0.3, 0.4) is 0 Å². The number of amides is 2. The molecule has 35 heavy (non-hydrogen) atoms. The van der Waals surface area contributed by atoms with Crippen molar-refractivity contribution in [1.82, 2.24) is 14.8 Å². The number of rotatable bonds is 11. The number of fused-ring (bicyclic) bond motifs is 1. The average Bonchev–Trinajstić information content (AvgIpc) is 3.26. The van der Waals surface area contributed by atoms with Crippen LogP contribution in [0, 0.1) is 0 Å². The number of aromatic amines is 1. The van der Waals surface area contributed by atoms with Gasteiger partial charge in [0.15, 0.2) is 0 Å². The highest BCUT2D eigenvalue weighted by Crippen LogP contribution is 2.29. The van der Waals surface area contributed by atoms with E-state index in [9.17, 15) is 22.8 Å². The Hall–Kier alpha value is -3.29. The Bertz CT molecular complexity index is 1120. The van der Waals surface area contributed by atoms with E-state index in [-0.39, 0.29) is 24.9 Å². The molecule has 188 valence electrons. The van der Waals surface area contributed by atoms with Crippen LogP contribution in [-0.4, -0.2) is 46.2 Å². The van der Waals surface area contributed by atoms with E-state index in [1.807, 2.05) is 37.4 Å². The maximum Gasteiger partial charge on any atom is 0.416 e. The van der Waals surface area contributed by atoms with Gasteiger partial charge in [0, 0.05) is 43.2 Å². The van der Waals surface area contributed by atoms with Gasteiger partial charge >= 0.3 is 6.18 Å². The summed E-state index contributed by atoms with van der Waals surface area (Å²) in [6.07, 6.45) is 0.0897. The fraction of sp³-hybridized carbons (Fsp3) is 0.407. The van der Waals surface area contributed by atoms with Crippen molar-refractivity contribution in [3.05, 3.63) is 71.4 Å². The lowest BCUT2D eigenvalue weighted by Gasteiger charge is -2.28. The minimum atomic E-state index is -4.41. The van der Waals surface area contributed by atoms with Crippen LogP contribution in [0.15, 0.2) is 54.7 Å². The molecule has 0 unspecified atom stereocenters. The fourth-order valence-corrected chi connectivity index (χ4v) is 4.03. The molecule has 0 fully saturated rings. The van der Waals surface area contributed by atoms with E-state index >= 15 is 0 Å². The molecule has 0 aliphatic carbocycles. The van der Waals surface area contributed by atoms with E-state index in [2.05, 4.69) is 4.98 Å². The fourth-order valence-electron chi connectivity index (χ4n) is 4.03. The van der Waals surface area contributed by atoms with Gasteiger partial charge in [-0.05, 0) is 42.2 Å². The topological polar surface area (TPSA) is 56.4 Å². The van der Waals surface area contributed by atoms with Crippen LogP contribution in [-0.2, 0) is 28.7 Å². The lowest BCUT2D eigenvalue weighted by Crippen LogP contribution is -2.43. The van der Waals surface area contributed by atoms with Crippen LogP contribution in [0.4, 0.5) is 13.2 Å². The zero-order chi connectivity index (χ0) is 25.4. The highest BCUT2D eigenvalue weighted by molar-refractivity contribution is 5.85. The van der Waals surface area contributed by atoms with Crippen LogP contribution in [0.5, 0.6) is 0 Å². The van der Waals surface area contributed by atoms with Gasteiger partial charge in [-0.15, -0.1) is 0 Å². The van der Waals surface area contributed by atoms with Crippen LogP contribution < -0.4 is 0 Å². The normalized spacial score (nSPS) is 11.6. The number of aromatic nitrogens is 1. The quantitative estimate of drug-likeness (QED) is 0.372. The molecule has 0 spiro atoms. The summed E-state index contributed by atoms with van der Waals surface area (Å²) in [5.41, 5.74) is 1.94. The summed E-state index contributed by atoms with van der Waals surface area (Å²) in [6, 6.07) is 12.8. The first-order valence-electron chi connectivity index (χ1n) is 12.0. The van der Waals surface area contributed by atoms with Gasteiger partial charge in [-0.3, -0.25) is 9.59 Å². The zero-order valence-corrected chi connectivity index (χ0v) is 20.2. The second kappa shape index (κ2) is 11.9. The van der Waals surface area contributed by atoms with Gasteiger partial charge in [0.2, 0.25) is 11.8 Å². The summed E-state index contributed by atoms with van der Waals surface area (Å²) in [6.45, 7) is 4.80. The number of hydrogen-bond donors (Lipinski definition) is 1. The number of benzene rings is 2. The summed E-state index contributed by atoms with van der Waals surface area (Å²) in [7, 11) is 0. The number of nitrogens with zero attached hydrogens (tertiary/aromatic N) is 2. The second-order valence-electron chi connectivity index (χ2n) is 8.64. The van der Waals surface area contributed by atoms with Crippen LogP contribution in [0.1, 0.15) is 49.8 Å². The molecule has 3 rings (SSSR count). The highest BCUT2D eigenvalue weighted by atomic mass is 19.4.